The molecule has 1 aliphatic rings. The van der Waals surface area contributed by atoms with Crippen molar-refractivity contribution >= 4 is 23.1 Å². The number of aliphatic hydroxyl groups is 1. The van der Waals surface area contributed by atoms with Crippen molar-refractivity contribution in [3.05, 3.63) is 48.5 Å². The second kappa shape index (κ2) is 7.39. The van der Waals surface area contributed by atoms with Crippen LogP contribution in [0.25, 0.3) is 0 Å². The van der Waals surface area contributed by atoms with Crippen LogP contribution in [0.4, 0.5) is 11.4 Å². The third-order valence-corrected chi connectivity index (χ3v) is 5.42. The highest BCUT2D eigenvalue weighted by Crippen LogP contribution is 2.47. The van der Waals surface area contributed by atoms with E-state index < -0.39 is 0 Å². The normalized spacial score (nSPS) is 14.5. The number of aliphatic hydroxyl groups excluding tert-OH is 1. The Bertz CT molecular complexity index is 612. The number of β-amino-alcohol motifs (C(OH)–C–C–N with tert-alkyl or cyclic N) is 1. The quantitative estimate of drug-likeness (QED) is 0.867. The molecule has 0 saturated carbocycles. The van der Waals surface area contributed by atoms with E-state index in [1.54, 1.807) is 11.8 Å². The molecule has 0 bridgehead atoms. The predicted octanol–water partition coefficient (Wildman–Crippen LogP) is 3.99. The number of rotatable bonds is 6. The molecule has 1 N–H and O–H groups in total. The molecule has 0 radical (unpaired) electrons. The Balaban J connectivity index is 1.86. The van der Waals surface area contributed by atoms with Gasteiger partial charge in [0.25, 0.3) is 0 Å². The first kappa shape index (κ1) is 16.4. The molecule has 4 heteroatoms. The summed E-state index contributed by atoms with van der Waals surface area (Å²) >= 11 is 1.80. The van der Waals surface area contributed by atoms with E-state index in [1.807, 2.05) is 0 Å². The van der Waals surface area contributed by atoms with Gasteiger partial charge in [0.2, 0.25) is 0 Å². The van der Waals surface area contributed by atoms with E-state index in [-0.39, 0.29) is 6.10 Å². The maximum Gasteiger partial charge on any atom is 0.0845 e. The van der Waals surface area contributed by atoms with E-state index in [0.29, 0.717) is 13.1 Å². The minimum absolute atomic E-state index is 0.376. The molecule has 1 unspecified atom stereocenters. The first-order valence-electron chi connectivity index (χ1n) is 8.26. The second-order valence-corrected chi connectivity index (χ2v) is 6.87. The molecule has 1 heterocycles. The number of benzene rings is 2. The van der Waals surface area contributed by atoms with Gasteiger partial charge in [0, 0.05) is 16.3 Å². The summed E-state index contributed by atoms with van der Waals surface area (Å²) in [5.74, 6) is 0. The minimum Gasteiger partial charge on any atom is -0.390 e. The first-order chi connectivity index (χ1) is 11.2. The smallest absolute Gasteiger partial charge is 0.0845 e. The van der Waals surface area contributed by atoms with Gasteiger partial charge in [-0.3, -0.25) is 0 Å². The Morgan fingerprint density at radius 1 is 0.957 bits per heavy atom. The lowest BCUT2D eigenvalue weighted by Crippen LogP contribution is -2.39. The van der Waals surface area contributed by atoms with E-state index in [4.69, 9.17) is 0 Å². The third-order valence-electron chi connectivity index (χ3n) is 4.29. The lowest BCUT2D eigenvalue weighted by molar-refractivity contribution is 0.124. The third kappa shape index (κ3) is 3.55. The van der Waals surface area contributed by atoms with E-state index in [2.05, 4.69) is 72.2 Å². The minimum atomic E-state index is -0.376. The Morgan fingerprint density at radius 2 is 1.48 bits per heavy atom. The summed E-state index contributed by atoms with van der Waals surface area (Å²) in [6.45, 7) is 7.54. The van der Waals surface area contributed by atoms with Gasteiger partial charge in [-0.2, -0.15) is 0 Å². The van der Waals surface area contributed by atoms with Crippen molar-refractivity contribution in [2.45, 2.75) is 29.7 Å². The van der Waals surface area contributed by atoms with Crippen LogP contribution in [0.15, 0.2) is 58.3 Å². The van der Waals surface area contributed by atoms with Gasteiger partial charge in [0.1, 0.15) is 0 Å². The fraction of sp³-hybridized carbons (Fsp3) is 0.368. The van der Waals surface area contributed by atoms with Gasteiger partial charge in [-0.15, -0.1) is 0 Å². The molecule has 3 rings (SSSR count). The van der Waals surface area contributed by atoms with E-state index in [9.17, 15) is 5.11 Å². The van der Waals surface area contributed by atoms with Gasteiger partial charge in [-0.05, 0) is 37.4 Å². The molecule has 0 aromatic heterocycles. The number of hydrogen-bond donors (Lipinski definition) is 1. The molecule has 2 aromatic carbocycles. The van der Waals surface area contributed by atoms with Gasteiger partial charge < -0.3 is 14.9 Å². The van der Waals surface area contributed by atoms with Crippen molar-refractivity contribution in [2.24, 2.45) is 0 Å². The number of anilines is 2. The van der Waals surface area contributed by atoms with Gasteiger partial charge in [-0.1, -0.05) is 49.9 Å². The number of nitrogens with zero attached hydrogens (tertiary/aromatic N) is 2. The summed E-state index contributed by atoms with van der Waals surface area (Å²) in [5.41, 5.74) is 2.38. The SMILES string of the molecule is CCN(CC)CC(O)CN1c2ccccc2Sc2ccccc21. The van der Waals surface area contributed by atoms with E-state index >= 15 is 0 Å². The Morgan fingerprint density at radius 3 is 2.00 bits per heavy atom. The Hall–Kier alpha value is -1.49. The zero-order valence-electron chi connectivity index (χ0n) is 13.8. The molecular formula is C19H24N2OS. The molecule has 2 aromatic rings. The number of hydrogen-bond acceptors (Lipinski definition) is 4. The Kier molecular flexibility index (Phi) is 5.26. The fourth-order valence-corrected chi connectivity index (χ4v) is 4.12. The van der Waals surface area contributed by atoms with Crippen LogP contribution in [-0.2, 0) is 0 Å². The molecule has 1 atom stereocenters. The summed E-state index contributed by atoms with van der Waals surface area (Å²) < 4.78 is 0. The van der Waals surface area contributed by atoms with Crippen LogP contribution in [0.5, 0.6) is 0 Å². The fourth-order valence-electron chi connectivity index (χ4n) is 3.03. The topological polar surface area (TPSA) is 26.7 Å². The summed E-state index contributed by atoms with van der Waals surface area (Å²) in [6, 6.07) is 16.9. The highest BCUT2D eigenvalue weighted by atomic mass is 32.2. The molecule has 1 aliphatic heterocycles. The lowest BCUT2D eigenvalue weighted by atomic mass is 10.2. The second-order valence-electron chi connectivity index (χ2n) is 5.79. The molecule has 23 heavy (non-hydrogen) atoms. The molecule has 3 nitrogen and oxygen atoms in total. The standard InChI is InChI=1S/C19H24N2OS/c1-3-20(4-2)13-15(22)14-21-16-9-5-7-11-18(16)23-19-12-8-6-10-17(19)21/h5-12,15,22H,3-4,13-14H2,1-2H3. The van der Waals surface area contributed by atoms with E-state index in [1.165, 1.54) is 21.2 Å². The summed E-state index contributed by atoms with van der Waals surface area (Å²) in [6.07, 6.45) is -0.376. The lowest BCUT2D eigenvalue weighted by Gasteiger charge is -2.35. The summed E-state index contributed by atoms with van der Waals surface area (Å²) in [7, 11) is 0. The molecule has 122 valence electrons. The van der Waals surface area contributed by atoms with Gasteiger partial charge >= 0.3 is 0 Å². The van der Waals surface area contributed by atoms with E-state index in [0.717, 1.165) is 13.1 Å². The molecule has 0 aliphatic carbocycles. The predicted molar refractivity (Wildman–Crippen MR) is 97.8 cm³/mol. The summed E-state index contributed by atoms with van der Waals surface area (Å²) in [5, 5.41) is 10.6. The number of fused-ring (bicyclic) bond motifs is 2. The molecule has 0 spiro atoms. The van der Waals surface area contributed by atoms with Crippen LogP contribution in [-0.4, -0.2) is 42.3 Å². The van der Waals surface area contributed by atoms with Crippen LogP contribution >= 0.6 is 11.8 Å². The first-order valence-corrected chi connectivity index (χ1v) is 9.08. The molecular weight excluding hydrogens is 304 g/mol. The van der Waals surface area contributed by atoms with Crippen molar-refractivity contribution in [2.75, 3.05) is 31.1 Å². The maximum absolute atomic E-state index is 10.6. The molecule has 0 fully saturated rings. The highest BCUT2D eigenvalue weighted by Gasteiger charge is 2.25. The van der Waals surface area contributed by atoms with Gasteiger partial charge in [0.05, 0.1) is 24.0 Å². The highest BCUT2D eigenvalue weighted by molar-refractivity contribution is 7.99. The largest absolute Gasteiger partial charge is 0.390 e. The van der Waals surface area contributed by atoms with Crippen LogP contribution in [0, 0.1) is 0 Å². The van der Waals surface area contributed by atoms with Crippen molar-refractivity contribution < 1.29 is 5.11 Å². The van der Waals surface area contributed by atoms with Crippen molar-refractivity contribution in [3.63, 3.8) is 0 Å². The average molecular weight is 328 g/mol. The Labute approximate surface area is 142 Å². The zero-order chi connectivity index (χ0) is 16.2. The zero-order valence-corrected chi connectivity index (χ0v) is 14.6. The monoisotopic (exact) mass is 328 g/mol. The number of likely N-dealkylation sites (N-methyl/N-ethyl adjacent to an activating group) is 1. The van der Waals surface area contributed by atoms with Crippen molar-refractivity contribution in [1.82, 2.24) is 4.90 Å². The van der Waals surface area contributed by atoms with Gasteiger partial charge in [0.15, 0.2) is 0 Å². The summed E-state index contributed by atoms with van der Waals surface area (Å²) in [4.78, 5) is 7.03. The molecule has 0 saturated heterocycles. The number of para-hydroxylation sites is 2. The van der Waals surface area contributed by atoms with Crippen molar-refractivity contribution in [3.8, 4) is 0 Å². The van der Waals surface area contributed by atoms with Crippen LogP contribution in [0.3, 0.4) is 0 Å². The van der Waals surface area contributed by atoms with Crippen LogP contribution < -0.4 is 4.90 Å². The van der Waals surface area contributed by atoms with Gasteiger partial charge in [-0.25, -0.2) is 0 Å². The van der Waals surface area contributed by atoms with Crippen molar-refractivity contribution in [1.29, 1.82) is 0 Å². The maximum atomic E-state index is 10.6. The van der Waals surface area contributed by atoms with Crippen LogP contribution in [0.2, 0.25) is 0 Å². The average Bonchev–Trinajstić information content (AvgIpc) is 2.59. The molecule has 0 amide bonds. The van der Waals surface area contributed by atoms with Crippen LogP contribution in [0.1, 0.15) is 13.8 Å².